The number of aryl methyl sites for hydroxylation is 1. The highest BCUT2D eigenvalue weighted by atomic mass is 16.2. The van der Waals surface area contributed by atoms with Crippen LogP contribution in [0.2, 0.25) is 0 Å². The van der Waals surface area contributed by atoms with E-state index in [4.69, 9.17) is 5.73 Å². The molecule has 2 bridgehead atoms. The Kier molecular flexibility index (Phi) is 3.89. The number of aromatic nitrogens is 2. The van der Waals surface area contributed by atoms with Crippen LogP contribution in [0, 0.1) is 0 Å². The molecule has 116 valence electrons. The summed E-state index contributed by atoms with van der Waals surface area (Å²) in [6.07, 6.45) is 7.59. The average Bonchev–Trinajstić information content (AvgIpc) is 2.81. The molecule has 1 aromatic heterocycles. The van der Waals surface area contributed by atoms with Gasteiger partial charge in [0.15, 0.2) is 5.69 Å². The lowest BCUT2D eigenvalue weighted by Gasteiger charge is -2.47. The fourth-order valence-electron chi connectivity index (χ4n) is 3.76. The standard InChI is InChI=1S/C15H25N5O/c1-3-20-9-13(16)14(18-20)15(21)17-10-7-11-5-4-6-12(8-10)19(11)2/h9-12H,3-8,16H2,1-2H3,(H,17,21). The normalized spacial score (nSPS) is 29.3. The van der Waals surface area contributed by atoms with Gasteiger partial charge in [0.2, 0.25) is 0 Å². The van der Waals surface area contributed by atoms with Crippen molar-refractivity contribution < 1.29 is 4.79 Å². The van der Waals surface area contributed by atoms with E-state index < -0.39 is 0 Å². The molecule has 1 aromatic rings. The Morgan fingerprint density at radius 2 is 2.10 bits per heavy atom. The number of carbonyl (C=O) groups excluding carboxylic acids is 1. The predicted octanol–water partition coefficient (Wildman–Crippen LogP) is 1.23. The lowest BCUT2D eigenvalue weighted by Crippen LogP contribution is -2.55. The lowest BCUT2D eigenvalue weighted by atomic mass is 9.82. The molecule has 2 atom stereocenters. The van der Waals surface area contributed by atoms with Crippen LogP contribution in [0.15, 0.2) is 6.20 Å². The van der Waals surface area contributed by atoms with Crippen LogP contribution in [-0.2, 0) is 6.54 Å². The monoisotopic (exact) mass is 291 g/mol. The van der Waals surface area contributed by atoms with E-state index >= 15 is 0 Å². The Balaban J connectivity index is 1.66. The maximum Gasteiger partial charge on any atom is 0.274 e. The van der Waals surface area contributed by atoms with Gasteiger partial charge in [0.05, 0.1) is 5.69 Å². The quantitative estimate of drug-likeness (QED) is 0.878. The van der Waals surface area contributed by atoms with Crippen molar-refractivity contribution in [1.29, 1.82) is 0 Å². The minimum Gasteiger partial charge on any atom is -0.396 e. The molecule has 6 nitrogen and oxygen atoms in total. The van der Waals surface area contributed by atoms with Gasteiger partial charge in [0, 0.05) is 30.9 Å². The molecular weight excluding hydrogens is 266 g/mol. The van der Waals surface area contributed by atoms with Gasteiger partial charge in [-0.05, 0) is 39.7 Å². The highest BCUT2D eigenvalue weighted by Crippen LogP contribution is 2.32. The topological polar surface area (TPSA) is 76.2 Å². The van der Waals surface area contributed by atoms with E-state index in [1.165, 1.54) is 19.3 Å². The second-order valence-corrected chi connectivity index (χ2v) is 6.33. The Hall–Kier alpha value is -1.56. The molecule has 2 aliphatic rings. The molecule has 0 radical (unpaired) electrons. The molecule has 3 rings (SSSR count). The summed E-state index contributed by atoms with van der Waals surface area (Å²) in [6, 6.07) is 1.46. The van der Waals surface area contributed by atoms with Crippen molar-refractivity contribution in [1.82, 2.24) is 20.0 Å². The van der Waals surface area contributed by atoms with Crippen molar-refractivity contribution >= 4 is 11.6 Å². The van der Waals surface area contributed by atoms with E-state index in [9.17, 15) is 4.79 Å². The van der Waals surface area contributed by atoms with E-state index in [-0.39, 0.29) is 11.9 Å². The molecule has 2 saturated heterocycles. The van der Waals surface area contributed by atoms with Crippen LogP contribution in [0.1, 0.15) is 49.5 Å². The summed E-state index contributed by atoms with van der Waals surface area (Å²) >= 11 is 0. The maximum atomic E-state index is 12.4. The van der Waals surface area contributed by atoms with Crippen molar-refractivity contribution in [3.05, 3.63) is 11.9 Å². The molecule has 3 N–H and O–H groups in total. The average molecular weight is 291 g/mol. The van der Waals surface area contributed by atoms with Gasteiger partial charge in [-0.3, -0.25) is 9.48 Å². The maximum absolute atomic E-state index is 12.4. The minimum absolute atomic E-state index is 0.132. The van der Waals surface area contributed by atoms with Gasteiger partial charge in [-0.15, -0.1) is 0 Å². The molecule has 21 heavy (non-hydrogen) atoms. The third-order valence-electron chi connectivity index (χ3n) is 5.00. The van der Waals surface area contributed by atoms with Gasteiger partial charge in [-0.2, -0.15) is 5.10 Å². The second-order valence-electron chi connectivity index (χ2n) is 6.33. The van der Waals surface area contributed by atoms with Crippen molar-refractivity contribution in [2.45, 2.75) is 63.7 Å². The lowest BCUT2D eigenvalue weighted by molar-refractivity contribution is 0.0462. The van der Waals surface area contributed by atoms with Crippen LogP contribution in [0.5, 0.6) is 0 Å². The number of hydrogen-bond acceptors (Lipinski definition) is 4. The Labute approximate surface area is 125 Å². The summed E-state index contributed by atoms with van der Waals surface area (Å²) in [5, 5.41) is 7.39. The van der Waals surface area contributed by atoms with Gasteiger partial charge < -0.3 is 16.0 Å². The summed E-state index contributed by atoms with van der Waals surface area (Å²) in [7, 11) is 2.22. The molecule has 0 spiro atoms. The smallest absolute Gasteiger partial charge is 0.274 e. The molecule has 2 fully saturated rings. The van der Waals surface area contributed by atoms with Gasteiger partial charge in [0.1, 0.15) is 0 Å². The Bertz CT molecular complexity index is 512. The highest BCUT2D eigenvalue weighted by molar-refractivity contribution is 5.97. The number of nitrogens with two attached hydrogens (primary N) is 1. The zero-order chi connectivity index (χ0) is 15.0. The third kappa shape index (κ3) is 2.77. The number of anilines is 1. The van der Waals surface area contributed by atoms with Crippen LogP contribution in [-0.4, -0.2) is 45.8 Å². The summed E-state index contributed by atoms with van der Waals surface area (Å²) in [4.78, 5) is 14.9. The SMILES string of the molecule is CCn1cc(N)c(C(=O)NC2CC3CCCC(C2)N3C)n1. The van der Waals surface area contributed by atoms with Crippen LogP contribution in [0.4, 0.5) is 5.69 Å². The Morgan fingerprint density at radius 1 is 1.43 bits per heavy atom. The number of nitrogens with one attached hydrogen (secondary N) is 1. The summed E-state index contributed by atoms with van der Waals surface area (Å²) in [6.45, 7) is 2.70. The van der Waals surface area contributed by atoms with Crippen molar-refractivity contribution in [2.75, 3.05) is 12.8 Å². The molecule has 2 aliphatic heterocycles. The van der Waals surface area contributed by atoms with Gasteiger partial charge in [-0.1, -0.05) is 6.42 Å². The van der Waals surface area contributed by atoms with Crippen LogP contribution in [0.25, 0.3) is 0 Å². The molecule has 3 heterocycles. The van der Waals surface area contributed by atoms with E-state index in [1.807, 2.05) is 6.92 Å². The number of fused-ring (bicyclic) bond motifs is 2. The largest absolute Gasteiger partial charge is 0.396 e. The van der Waals surface area contributed by atoms with Gasteiger partial charge in [-0.25, -0.2) is 0 Å². The third-order valence-corrected chi connectivity index (χ3v) is 5.00. The number of hydrogen-bond donors (Lipinski definition) is 2. The molecule has 0 aliphatic carbocycles. The number of nitrogens with zero attached hydrogens (tertiary/aromatic N) is 3. The summed E-state index contributed by atoms with van der Waals surface area (Å²) < 4.78 is 1.70. The Morgan fingerprint density at radius 3 is 2.67 bits per heavy atom. The number of nitrogen functional groups attached to an aromatic ring is 1. The van der Waals surface area contributed by atoms with Gasteiger partial charge >= 0.3 is 0 Å². The fraction of sp³-hybridized carbons (Fsp3) is 0.733. The second kappa shape index (κ2) is 5.67. The van der Waals surface area contributed by atoms with Crippen molar-refractivity contribution in [3.63, 3.8) is 0 Å². The first-order valence-corrected chi connectivity index (χ1v) is 7.94. The van der Waals surface area contributed by atoms with Crippen LogP contribution in [0.3, 0.4) is 0 Å². The first kappa shape index (κ1) is 14.4. The van der Waals surface area contributed by atoms with Crippen molar-refractivity contribution in [2.24, 2.45) is 0 Å². The zero-order valence-corrected chi connectivity index (χ0v) is 12.9. The predicted molar refractivity (Wildman–Crippen MR) is 82.0 cm³/mol. The van der Waals surface area contributed by atoms with Crippen molar-refractivity contribution in [3.8, 4) is 0 Å². The fourth-order valence-corrected chi connectivity index (χ4v) is 3.76. The first-order valence-electron chi connectivity index (χ1n) is 7.94. The number of amides is 1. The molecule has 0 saturated carbocycles. The first-order chi connectivity index (χ1) is 10.1. The molecule has 1 amide bonds. The molecule has 0 aromatic carbocycles. The zero-order valence-electron chi connectivity index (χ0n) is 12.9. The highest BCUT2D eigenvalue weighted by Gasteiger charge is 2.36. The number of rotatable bonds is 3. The molecule has 2 unspecified atom stereocenters. The summed E-state index contributed by atoms with van der Waals surface area (Å²) in [5.41, 5.74) is 6.71. The minimum atomic E-state index is -0.132. The van der Waals surface area contributed by atoms with E-state index in [1.54, 1.807) is 10.9 Å². The van der Waals surface area contributed by atoms with Crippen LogP contribution >= 0.6 is 0 Å². The van der Waals surface area contributed by atoms with E-state index in [2.05, 4.69) is 22.4 Å². The van der Waals surface area contributed by atoms with Gasteiger partial charge in [0.25, 0.3) is 5.91 Å². The van der Waals surface area contributed by atoms with Crippen LogP contribution < -0.4 is 11.1 Å². The van der Waals surface area contributed by atoms with E-state index in [0.717, 1.165) is 19.4 Å². The summed E-state index contributed by atoms with van der Waals surface area (Å²) in [5.74, 6) is -0.132. The molecule has 6 heteroatoms. The molecular formula is C15H25N5O. The number of piperidine rings is 2. The van der Waals surface area contributed by atoms with E-state index in [0.29, 0.717) is 23.5 Å². The number of carbonyl (C=O) groups is 1.